The number of halogens is 2. The third-order valence-electron chi connectivity index (χ3n) is 5.78. The second-order valence-electron chi connectivity index (χ2n) is 8.98. The molecule has 2 aliphatic heterocycles. The van der Waals surface area contributed by atoms with E-state index in [-0.39, 0.29) is 17.2 Å². The van der Waals surface area contributed by atoms with E-state index in [9.17, 15) is 14.0 Å². The van der Waals surface area contributed by atoms with Crippen LogP contribution in [-0.2, 0) is 6.42 Å². The van der Waals surface area contributed by atoms with E-state index in [2.05, 4.69) is 52.0 Å². The summed E-state index contributed by atoms with van der Waals surface area (Å²) in [4.78, 5) is 31.1. The molecule has 0 radical (unpaired) electrons. The zero-order valence-corrected chi connectivity index (χ0v) is 20.8. The van der Waals surface area contributed by atoms with Crippen molar-refractivity contribution in [2.24, 2.45) is 5.41 Å². The van der Waals surface area contributed by atoms with Crippen LogP contribution in [0.2, 0.25) is 0 Å². The molecule has 166 valence electrons. The van der Waals surface area contributed by atoms with Gasteiger partial charge in [0.15, 0.2) is 0 Å². The van der Waals surface area contributed by atoms with E-state index in [1.54, 1.807) is 6.07 Å². The number of carbonyl (C=O) groups excluding carboxylic acids is 2. The van der Waals surface area contributed by atoms with Crippen molar-refractivity contribution in [3.63, 3.8) is 0 Å². The molecule has 2 aromatic rings. The number of amides is 2. The molecule has 0 unspecified atom stereocenters. The van der Waals surface area contributed by atoms with Crippen molar-refractivity contribution < 1.29 is 14.0 Å². The number of piperazine rings is 1. The van der Waals surface area contributed by atoms with Crippen LogP contribution in [0.15, 0.2) is 18.2 Å². The van der Waals surface area contributed by atoms with Gasteiger partial charge in [0.2, 0.25) is 0 Å². The predicted molar refractivity (Wildman–Crippen MR) is 130 cm³/mol. The van der Waals surface area contributed by atoms with E-state index in [0.29, 0.717) is 47.2 Å². The molecule has 0 bridgehead atoms. The normalized spacial score (nSPS) is 18.9. The molecule has 0 aliphatic carbocycles. The summed E-state index contributed by atoms with van der Waals surface area (Å²) in [5, 5.41) is 6.63. The summed E-state index contributed by atoms with van der Waals surface area (Å²) in [6.45, 7) is 7.58. The molecule has 3 heterocycles. The number of anilines is 2. The van der Waals surface area contributed by atoms with Crippen LogP contribution in [0.1, 0.15) is 39.4 Å². The monoisotopic (exact) mass is 556 g/mol. The molecule has 1 aromatic carbocycles. The molecule has 0 spiro atoms. The smallest absolute Gasteiger partial charge is 0.261 e. The Labute approximate surface area is 199 Å². The SMILES string of the molecule is CN1CCN(C(=O)c2c(Nc3ccc(I)cc3F)sc3c2CC(C)(C)CNC3=O)CC1. The minimum absolute atomic E-state index is 0.0930. The lowest BCUT2D eigenvalue weighted by molar-refractivity contribution is 0.0664. The van der Waals surface area contributed by atoms with Crippen molar-refractivity contribution in [1.82, 2.24) is 15.1 Å². The van der Waals surface area contributed by atoms with Crippen LogP contribution in [0.3, 0.4) is 0 Å². The fraction of sp³-hybridized carbons (Fsp3) is 0.455. The van der Waals surface area contributed by atoms with E-state index in [4.69, 9.17) is 0 Å². The molecule has 1 saturated heterocycles. The fourth-order valence-corrected chi connectivity index (χ4v) is 5.55. The molecule has 1 fully saturated rings. The van der Waals surface area contributed by atoms with Crippen molar-refractivity contribution in [2.45, 2.75) is 20.3 Å². The van der Waals surface area contributed by atoms with Gasteiger partial charge in [-0.2, -0.15) is 0 Å². The minimum atomic E-state index is -0.390. The predicted octanol–water partition coefficient (Wildman–Crippen LogP) is 3.94. The molecule has 0 atom stereocenters. The maximum atomic E-state index is 14.6. The topological polar surface area (TPSA) is 64.7 Å². The maximum absolute atomic E-state index is 14.6. The first kappa shape index (κ1) is 22.5. The first-order valence-electron chi connectivity index (χ1n) is 10.3. The Morgan fingerprint density at radius 1 is 1.26 bits per heavy atom. The zero-order valence-electron chi connectivity index (χ0n) is 17.8. The van der Waals surface area contributed by atoms with Gasteiger partial charge in [-0.1, -0.05) is 13.8 Å². The van der Waals surface area contributed by atoms with E-state index >= 15 is 0 Å². The zero-order chi connectivity index (χ0) is 22.3. The first-order valence-corrected chi connectivity index (χ1v) is 12.2. The average molecular weight is 556 g/mol. The molecule has 2 N–H and O–H groups in total. The highest BCUT2D eigenvalue weighted by molar-refractivity contribution is 14.1. The molecule has 4 rings (SSSR count). The number of nitrogens with zero attached hydrogens (tertiary/aromatic N) is 2. The van der Waals surface area contributed by atoms with Crippen molar-refractivity contribution in [1.29, 1.82) is 0 Å². The lowest BCUT2D eigenvalue weighted by Gasteiger charge is -2.33. The molecule has 2 amide bonds. The molecular formula is C22H26FIN4O2S. The molecule has 6 nitrogen and oxygen atoms in total. The van der Waals surface area contributed by atoms with Crippen LogP contribution in [0.4, 0.5) is 15.1 Å². The van der Waals surface area contributed by atoms with Gasteiger partial charge in [-0.15, -0.1) is 11.3 Å². The van der Waals surface area contributed by atoms with Crippen LogP contribution >= 0.6 is 33.9 Å². The van der Waals surface area contributed by atoms with E-state index < -0.39 is 5.82 Å². The number of nitrogens with one attached hydrogen (secondary N) is 2. The van der Waals surface area contributed by atoms with Gasteiger partial charge < -0.3 is 20.4 Å². The number of likely N-dealkylation sites (N-methyl/N-ethyl adjacent to an activating group) is 1. The number of carbonyl (C=O) groups is 2. The summed E-state index contributed by atoms with van der Waals surface area (Å²) in [5.74, 6) is -0.656. The Morgan fingerprint density at radius 2 is 1.97 bits per heavy atom. The Hall–Kier alpha value is -1.72. The Bertz CT molecular complexity index is 1030. The van der Waals surface area contributed by atoms with Gasteiger partial charge in [0.1, 0.15) is 10.8 Å². The van der Waals surface area contributed by atoms with Gasteiger partial charge in [-0.25, -0.2) is 4.39 Å². The van der Waals surface area contributed by atoms with Crippen molar-refractivity contribution >= 4 is 56.4 Å². The molecule has 9 heteroatoms. The summed E-state index contributed by atoms with van der Waals surface area (Å²) >= 11 is 3.29. The number of hydrogen-bond donors (Lipinski definition) is 2. The van der Waals surface area contributed by atoms with Gasteiger partial charge in [-0.3, -0.25) is 9.59 Å². The summed E-state index contributed by atoms with van der Waals surface area (Å²) in [6.07, 6.45) is 0.600. The lowest BCUT2D eigenvalue weighted by Crippen LogP contribution is -2.47. The fourth-order valence-electron chi connectivity index (χ4n) is 3.95. The third kappa shape index (κ3) is 4.73. The molecule has 0 saturated carbocycles. The molecule has 31 heavy (non-hydrogen) atoms. The van der Waals surface area contributed by atoms with Crippen molar-refractivity contribution in [3.05, 3.63) is 43.6 Å². The van der Waals surface area contributed by atoms with Gasteiger partial charge in [-0.05, 0) is 65.2 Å². The molecular weight excluding hydrogens is 530 g/mol. The summed E-state index contributed by atoms with van der Waals surface area (Å²) in [6, 6.07) is 4.91. The number of thiophene rings is 1. The summed E-state index contributed by atoms with van der Waals surface area (Å²) < 4.78 is 15.4. The third-order valence-corrected chi connectivity index (χ3v) is 7.60. The molecule has 2 aliphatic rings. The summed E-state index contributed by atoms with van der Waals surface area (Å²) in [5.41, 5.74) is 1.38. The van der Waals surface area contributed by atoms with E-state index in [0.717, 1.165) is 22.2 Å². The van der Waals surface area contributed by atoms with Crippen molar-refractivity contribution in [2.75, 3.05) is 45.1 Å². The first-order chi connectivity index (χ1) is 14.6. The lowest BCUT2D eigenvalue weighted by atomic mass is 9.85. The summed E-state index contributed by atoms with van der Waals surface area (Å²) in [7, 11) is 2.04. The number of hydrogen-bond acceptors (Lipinski definition) is 5. The Kier molecular flexibility index (Phi) is 6.28. The maximum Gasteiger partial charge on any atom is 0.261 e. The highest BCUT2D eigenvalue weighted by atomic mass is 127. The second kappa shape index (κ2) is 8.67. The van der Waals surface area contributed by atoms with Gasteiger partial charge in [0, 0.05) is 36.3 Å². The highest BCUT2D eigenvalue weighted by Gasteiger charge is 2.36. The largest absolute Gasteiger partial charge is 0.351 e. The van der Waals surface area contributed by atoms with Gasteiger partial charge >= 0.3 is 0 Å². The number of rotatable bonds is 3. The highest BCUT2D eigenvalue weighted by Crippen LogP contribution is 2.41. The number of fused-ring (bicyclic) bond motifs is 1. The van der Waals surface area contributed by atoms with Crippen LogP contribution in [-0.4, -0.2) is 61.4 Å². The molecule has 1 aromatic heterocycles. The van der Waals surface area contributed by atoms with Crippen LogP contribution in [0.5, 0.6) is 0 Å². The standard InChI is InChI=1S/C22H26FIN4O2S/c1-22(2)11-14-17(21(30)28-8-6-27(3)7-9-28)20(31-18(14)19(29)25-12-22)26-16-5-4-13(24)10-15(16)23/h4-5,10,26H,6-9,11-12H2,1-3H3,(H,25,29). The second-order valence-corrected chi connectivity index (χ2v) is 11.2. The minimum Gasteiger partial charge on any atom is -0.351 e. The Balaban J connectivity index is 1.79. The van der Waals surface area contributed by atoms with Crippen LogP contribution < -0.4 is 10.6 Å². The van der Waals surface area contributed by atoms with Crippen LogP contribution in [0, 0.1) is 14.8 Å². The average Bonchev–Trinajstić information content (AvgIpc) is 3.00. The quantitative estimate of drug-likeness (QED) is 0.563. The Morgan fingerprint density at radius 3 is 2.65 bits per heavy atom. The van der Waals surface area contributed by atoms with E-state index in [1.807, 2.05) is 18.0 Å². The van der Waals surface area contributed by atoms with E-state index in [1.165, 1.54) is 17.4 Å². The van der Waals surface area contributed by atoms with Gasteiger partial charge in [0.25, 0.3) is 11.8 Å². The van der Waals surface area contributed by atoms with Crippen molar-refractivity contribution in [3.8, 4) is 0 Å². The number of benzene rings is 1. The van der Waals surface area contributed by atoms with Crippen LogP contribution in [0.25, 0.3) is 0 Å². The van der Waals surface area contributed by atoms with Gasteiger partial charge in [0.05, 0.1) is 16.1 Å².